The molecule has 0 aliphatic heterocycles. The lowest BCUT2D eigenvalue weighted by molar-refractivity contribution is 0.257. The Kier molecular flexibility index (Phi) is 2.68. The predicted octanol–water partition coefficient (Wildman–Crippen LogP) is 1.67. The van der Waals surface area contributed by atoms with Gasteiger partial charge in [-0.05, 0) is 25.7 Å². The summed E-state index contributed by atoms with van der Waals surface area (Å²) in [6, 6.07) is 1.88. The topological polar surface area (TPSA) is 42.4 Å². The fourth-order valence-corrected chi connectivity index (χ4v) is 1.31. The number of aromatic nitrogens is 1. The van der Waals surface area contributed by atoms with E-state index in [0.717, 1.165) is 29.5 Å². The summed E-state index contributed by atoms with van der Waals surface area (Å²) in [5.41, 5.74) is 1.70. The Morgan fingerprint density at radius 1 is 1.57 bits per heavy atom. The highest BCUT2D eigenvalue weighted by molar-refractivity contribution is 5.32. The monoisotopic (exact) mass is 193 g/mol. The number of aryl methyl sites for hydroxylation is 1. The van der Waals surface area contributed by atoms with Gasteiger partial charge in [-0.15, -0.1) is 0 Å². The first-order valence-electron chi connectivity index (χ1n) is 4.99. The van der Waals surface area contributed by atoms with Crippen LogP contribution in [0.1, 0.15) is 24.1 Å². The molecule has 1 fully saturated rings. The van der Waals surface area contributed by atoms with Crippen molar-refractivity contribution in [1.29, 1.82) is 0 Å². The van der Waals surface area contributed by atoms with Gasteiger partial charge >= 0.3 is 0 Å². The molecule has 2 rings (SSSR count). The number of nitrogens with zero attached hydrogens (tertiary/aromatic N) is 1. The fraction of sp³-hybridized carbons (Fsp3) is 0.545. The standard InChI is InChI=1S/C11H15NO2/c1-8-4-11(10(6-13)5-12-8)14-7-9-2-3-9/h4-5,9,13H,2-3,6-7H2,1H3. The Balaban J connectivity index is 2.07. The van der Waals surface area contributed by atoms with Crippen LogP contribution in [0.4, 0.5) is 0 Å². The Bertz CT molecular complexity index is 321. The maximum atomic E-state index is 9.07. The second-order valence-electron chi connectivity index (χ2n) is 3.85. The first-order valence-corrected chi connectivity index (χ1v) is 4.99. The third-order valence-corrected chi connectivity index (χ3v) is 2.42. The summed E-state index contributed by atoms with van der Waals surface area (Å²) in [4.78, 5) is 4.11. The number of hydrogen-bond donors (Lipinski definition) is 1. The summed E-state index contributed by atoms with van der Waals surface area (Å²) in [5.74, 6) is 1.52. The van der Waals surface area contributed by atoms with Gasteiger partial charge in [0.05, 0.1) is 13.2 Å². The Morgan fingerprint density at radius 3 is 3.00 bits per heavy atom. The summed E-state index contributed by atoms with van der Waals surface area (Å²) in [5, 5.41) is 9.07. The molecule has 3 heteroatoms. The van der Waals surface area contributed by atoms with Crippen LogP contribution in [0.25, 0.3) is 0 Å². The molecular weight excluding hydrogens is 178 g/mol. The molecule has 1 heterocycles. The average Bonchev–Trinajstić information content (AvgIpc) is 2.98. The SMILES string of the molecule is Cc1cc(OCC2CC2)c(CO)cn1. The van der Waals surface area contributed by atoms with Crippen LogP contribution in [-0.4, -0.2) is 16.7 Å². The molecule has 14 heavy (non-hydrogen) atoms. The van der Waals surface area contributed by atoms with Gasteiger partial charge in [-0.25, -0.2) is 0 Å². The summed E-state index contributed by atoms with van der Waals surface area (Å²) in [7, 11) is 0. The lowest BCUT2D eigenvalue weighted by Gasteiger charge is -2.09. The second-order valence-corrected chi connectivity index (χ2v) is 3.85. The molecule has 1 saturated carbocycles. The van der Waals surface area contributed by atoms with Gasteiger partial charge < -0.3 is 9.84 Å². The molecule has 0 aromatic carbocycles. The van der Waals surface area contributed by atoms with E-state index in [1.165, 1.54) is 12.8 Å². The van der Waals surface area contributed by atoms with E-state index in [4.69, 9.17) is 9.84 Å². The maximum absolute atomic E-state index is 9.07. The minimum atomic E-state index is -0.00667. The molecule has 0 unspecified atom stereocenters. The number of aliphatic hydroxyl groups is 1. The van der Waals surface area contributed by atoms with E-state index >= 15 is 0 Å². The van der Waals surface area contributed by atoms with Crippen LogP contribution in [0.5, 0.6) is 5.75 Å². The highest BCUT2D eigenvalue weighted by atomic mass is 16.5. The molecule has 0 atom stereocenters. The largest absolute Gasteiger partial charge is 0.493 e. The third-order valence-electron chi connectivity index (χ3n) is 2.42. The summed E-state index contributed by atoms with van der Waals surface area (Å²) < 4.78 is 5.63. The van der Waals surface area contributed by atoms with Crippen molar-refractivity contribution in [3.05, 3.63) is 23.5 Å². The van der Waals surface area contributed by atoms with Crippen molar-refractivity contribution in [2.75, 3.05) is 6.61 Å². The minimum absolute atomic E-state index is 0.00667. The van der Waals surface area contributed by atoms with E-state index in [-0.39, 0.29) is 6.61 Å². The van der Waals surface area contributed by atoms with Crippen molar-refractivity contribution in [1.82, 2.24) is 4.98 Å². The fourth-order valence-electron chi connectivity index (χ4n) is 1.31. The molecule has 1 aliphatic carbocycles. The summed E-state index contributed by atoms with van der Waals surface area (Å²) in [6.45, 7) is 2.69. The second kappa shape index (κ2) is 3.96. The van der Waals surface area contributed by atoms with Crippen molar-refractivity contribution in [3.63, 3.8) is 0 Å². The van der Waals surface area contributed by atoms with Gasteiger partial charge in [0, 0.05) is 23.5 Å². The lowest BCUT2D eigenvalue weighted by Crippen LogP contribution is -2.03. The zero-order valence-electron chi connectivity index (χ0n) is 8.36. The van der Waals surface area contributed by atoms with E-state index < -0.39 is 0 Å². The maximum Gasteiger partial charge on any atom is 0.128 e. The van der Waals surface area contributed by atoms with Gasteiger partial charge in [-0.3, -0.25) is 4.98 Å². The number of hydrogen-bond acceptors (Lipinski definition) is 3. The first kappa shape index (κ1) is 9.46. The van der Waals surface area contributed by atoms with Crippen molar-refractivity contribution in [2.24, 2.45) is 5.92 Å². The molecule has 1 aliphatic rings. The van der Waals surface area contributed by atoms with Gasteiger partial charge in [-0.2, -0.15) is 0 Å². The zero-order chi connectivity index (χ0) is 9.97. The Morgan fingerprint density at radius 2 is 2.36 bits per heavy atom. The molecule has 76 valence electrons. The van der Waals surface area contributed by atoms with E-state index in [1.54, 1.807) is 6.20 Å². The molecular formula is C11H15NO2. The molecule has 3 nitrogen and oxygen atoms in total. The van der Waals surface area contributed by atoms with Crippen LogP contribution in [0.15, 0.2) is 12.3 Å². The van der Waals surface area contributed by atoms with Gasteiger partial charge in [0.2, 0.25) is 0 Å². The lowest BCUT2D eigenvalue weighted by atomic mass is 10.2. The van der Waals surface area contributed by atoms with Crippen LogP contribution in [0.2, 0.25) is 0 Å². The first-order chi connectivity index (χ1) is 6.79. The number of ether oxygens (including phenoxy) is 1. The molecule has 0 saturated heterocycles. The van der Waals surface area contributed by atoms with Crippen LogP contribution >= 0.6 is 0 Å². The molecule has 0 radical (unpaired) electrons. The molecule has 1 aromatic rings. The number of aliphatic hydroxyl groups excluding tert-OH is 1. The molecule has 0 spiro atoms. The normalized spacial score (nSPS) is 15.6. The summed E-state index contributed by atoms with van der Waals surface area (Å²) >= 11 is 0. The third kappa shape index (κ3) is 2.23. The highest BCUT2D eigenvalue weighted by Gasteiger charge is 2.22. The molecule has 1 aromatic heterocycles. The highest BCUT2D eigenvalue weighted by Crippen LogP contribution is 2.30. The van der Waals surface area contributed by atoms with E-state index in [1.807, 2.05) is 13.0 Å². The van der Waals surface area contributed by atoms with Crippen molar-refractivity contribution >= 4 is 0 Å². The van der Waals surface area contributed by atoms with Crippen molar-refractivity contribution in [3.8, 4) is 5.75 Å². The molecule has 1 N–H and O–H groups in total. The predicted molar refractivity (Wildman–Crippen MR) is 53.1 cm³/mol. The Hall–Kier alpha value is -1.09. The van der Waals surface area contributed by atoms with Crippen molar-refractivity contribution in [2.45, 2.75) is 26.4 Å². The smallest absolute Gasteiger partial charge is 0.128 e. The minimum Gasteiger partial charge on any atom is -0.493 e. The Labute approximate surface area is 83.7 Å². The van der Waals surface area contributed by atoms with Gasteiger partial charge in [-0.1, -0.05) is 0 Å². The average molecular weight is 193 g/mol. The zero-order valence-corrected chi connectivity index (χ0v) is 8.36. The van der Waals surface area contributed by atoms with E-state index in [9.17, 15) is 0 Å². The van der Waals surface area contributed by atoms with Crippen LogP contribution in [0, 0.1) is 12.8 Å². The van der Waals surface area contributed by atoms with Gasteiger partial charge in [0.15, 0.2) is 0 Å². The van der Waals surface area contributed by atoms with Crippen LogP contribution in [0.3, 0.4) is 0 Å². The van der Waals surface area contributed by atoms with Crippen LogP contribution in [-0.2, 0) is 6.61 Å². The van der Waals surface area contributed by atoms with Crippen molar-refractivity contribution < 1.29 is 9.84 Å². The summed E-state index contributed by atoms with van der Waals surface area (Å²) in [6.07, 6.45) is 4.23. The van der Waals surface area contributed by atoms with E-state index in [2.05, 4.69) is 4.98 Å². The number of rotatable bonds is 4. The molecule has 0 bridgehead atoms. The van der Waals surface area contributed by atoms with Gasteiger partial charge in [0.1, 0.15) is 5.75 Å². The quantitative estimate of drug-likeness (QED) is 0.791. The van der Waals surface area contributed by atoms with Crippen LogP contribution < -0.4 is 4.74 Å². The van der Waals surface area contributed by atoms with Gasteiger partial charge in [0.25, 0.3) is 0 Å². The van der Waals surface area contributed by atoms with E-state index in [0.29, 0.717) is 0 Å². The molecule has 0 amide bonds. The number of pyridine rings is 1.